The van der Waals surface area contributed by atoms with Crippen LogP contribution in [0.2, 0.25) is 5.02 Å². The maximum atomic E-state index is 14.0. The van der Waals surface area contributed by atoms with E-state index in [0.29, 0.717) is 35.7 Å². The number of benzene rings is 1. The molecule has 1 aliphatic heterocycles. The fraction of sp³-hybridized carbons (Fsp3) is 0.667. The molecule has 10 atom stereocenters. The molecule has 10 unspecified atom stereocenters. The highest BCUT2D eigenvalue weighted by Gasteiger charge is 2.81. The molecule has 5 aliphatic carbocycles. The molecule has 0 aromatic heterocycles. The van der Waals surface area contributed by atoms with Gasteiger partial charge < -0.3 is 9.80 Å². The lowest BCUT2D eigenvalue weighted by molar-refractivity contribution is -0.131. The fourth-order valence-electron chi connectivity index (χ4n) is 9.27. The lowest BCUT2D eigenvalue weighted by Crippen LogP contribution is -2.49. The second kappa shape index (κ2) is 5.38. The Labute approximate surface area is 176 Å². The Morgan fingerprint density at radius 2 is 1.76 bits per heavy atom. The molecule has 1 aromatic rings. The van der Waals surface area contributed by atoms with Crippen molar-refractivity contribution in [1.29, 1.82) is 0 Å². The second-order valence-electron chi connectivity index (χ2n) is 10.8. The Balaban J connectivity index is 1.22. The highest BCUT2D eigenvalue weighted by Crippen LogP contribution is 2.84. The Bertz CT molecular complexity index is 954. The SMILES string of the molecule is CN(C)C(=O)CC1CN(C(=O)C2C3C4CC5C6C4CC3C6C52)c2ccc(Cl)cc21. The predicted octanol–water partition coefficient (Wildman–Crippen LogP) is 3.64. The van der Waals surface area contributed by atoms with Crippen molar-refractivity contribution < 1.29 is 9.59 Å². The number of carbonyl (C=O) groups excluding carboxylic acids is 2. The number of halogens is 1. The summed E-state index contributed by atoms with van der Waals surface area (Å²) in [7, 11) is 3.59. The third-order valence-corrected chi connectivity index (χ3v) is 10.2. The molecular weight excluding hydrogens is 384 g/mol. The van der Waals surface area contributed by atoms with Crippen LogP contribution in [-0.2, 0) is 9.59 Å². The molecule has 152 valence electrons. The topological polar surface area (TPSA) is 40.6 Å². The van der Waals surface area contributed by atoms with Crippen LogP contribution in [0.3, 0.4) is 0 Å². The van der Waals surface area contributed by atoms with Crippen molar-refractivity contribution in [1.82, 2.24) is 4.90 Å². The highest BCUT2D eigenvalue weighted by atomic mass is 35.5. The molecule has 5 saturated carbocycles. The first-order valence-electron chi connectivity index (χ1n) is 11.3. The van der Waals surface area contributed by atoms with Crippen molar-refractivity contribution in [3.8, 4) is 0 Å². The monoisotopic (exact) mass is 410 g/mol. The number of anilines is 1. The summed E-state index contributed by atoms with van der Waals surface area (Å²) >= 11 is 6.30. The van der Waals surface area contributed by atoms with Crippen LogP contribution in [0.4, 0.5) is 5.69 Å². The summed E-state index contributed by atoms with van der Waals surface area (Å²) in [6.45, 7) is 0.627. The Morgan fingerprint density at radius 3 is 2.52 bits per heavy atom. The first-order chi connectivity index (χ1) is 14.0. The summed E-state index contributed by atoms with van der Waals surface area (Å²) in [6.07, 6.45) is 3.25. The molecule has 0 N–H and O–H groups in total. The quantitative estimate of drug-likeness (QED) is 0.763. The van der Waals surface area contributed by atoms with E-state index in [1.54, 1.807) is 19.0 Å². The Morgan fingerprint density at radius 1 is 1.03 bits per heavy atom. The number of hydrogen-bond acceptors (Lipinski definition) is 2. The van der Waals surface area contributed by atoms with Crippen molar-refractivity contribution >= 4 is 29.1 Å². The van der Waals surface area contributed by atoms with Crippen LogP contribution in [0.15, 0.2) is 18.2 Å². The summed E-state index contributed by atoms with van der Waals surface area (Å²) in [5, 5.41) is 0.681. The molecule has 6 aliphatic rings. The van der Waals surface area contributed by atoms with Crippen LogP contribution in [-0.4, -0.2) is 37.4 Å². The van der Waals surface area contributed by atoms with E-state index in [-0.39, 0.29) is 17.7 Å². The van der Waals surface area contributed by atoms with Crippen LogP contribution in [0.1, 0.15) is 30.7 Å². The summed E-state index contributed by atoms with van der Waals surface area (Å²) in [6, 6.07) is 5.86. The van der Waals surface area contributed by atoms with Gasteiger partial charge in [-0.15, -0.1) is 0 Å². The van der Waals surface area contributed by atoms with Crippen LogP contribution < -0.4 is 4.90 Å². The zero-order chi connectivity index (χ0) is 19.8. The number of carbonyl (C=O) groups is 2. The van der Waals surface area contributed by atoms with Gasteiger partial charge in [0, 0.05) is 49.6 Å². The van der Waals surface area contributed by atoms with E-state index < -0.39 is 0 Å². The molecule has 0 radical (unpaired) electrons. The number of fused-ring (bicyclic) bond motifs is 3. The fourth-order valence-corrected chi connectivity index (χ4v) is 9.45. The van der Waals surface area contributed by atoms with Gasteiger partial charge in [0.1, 0.15) is 0 Å². The molecule has 29 heavy (non-hydrogen) atoms. The Hall–Kier alpha value is -1.55. The molecule has 4 nitrogen and oxygen atoms in total. The van der Waals surface area contributed by atoms with Gasteiger partial charge in [-0.3, -0.25) is 9.59 Å². The summed E-state index contributed by atoms with van der Waals surface area (Å²) < 4.78 is 0. The normalized spacial score (nSPS) is 46.4. The van der Waals surface area contributed by atoms with Crippen LogP contribution in [0, 0.1) is 53.3 Å². The number of nitrogens with zero attached hydrogens (tertiary/aromatic N) is 2. The van der Waals surface area contributed by atoms with Crippen molar-refractivity contribution in [3.05, 3.63) is 28.8 Å². The Kier molecular flexibility index (Phi) is 3.18. The van der Waals surface area contributed by atoms with Gasteiger partial charge in [0.15, 0.2) is 0 Å². The van der Waals surface area contributed by atoms with Gasteiger partial charge in [-0.05, 0) is 83.9 Å². The average Bonchev–Trinajstić information content (AvgIpc) is 3.33. The van der Waals surface area contributed by atoms with Crippen molar-refractivity contribution in [2.45, 2.75) is 25.2 Å². The van der Waals surface area contributed by atoms with Crippen LogP contribution in [0.5, 0.6) is 0 Å². The third kappa shape index (κ3) is 1.89. The summed E-state index contributed by atoms with van der Waals surface area (Å²) in [5.74, 6) is 7.34. The van der Waals surface area contributed by atoms with E-state index in [1.807, 2.05) is 23.1 Å². The first kappa shape index (κ1) is 17.2. The maximum absolute atomic E-state index is 14.0. The molecule has 2 amide bonds. The van der Waals surface area contributed by atoms with Crippen molar-refractivity contribution in [3.63, 3.8) is 0 Å². The molecule has 7 rings (SSSR count). The van der Waals surface area contributed by atoms with E-state index >= 15 is 0 Å². The van der Waals surface area contributed by atoms with Crippen molar-refractivity contribution in [2.75, 3.05) is 25.5 Å². The van der Waals surface area contributed by atoms with E-state index in [9.17, 15) is 9.59 Å². The standard InChI is InChI=1S/C24H27ClN2O2/c1-26(2)18(28)5-10-9-27(17-4-3-11(25)6-12(10)17)24(29)23-20-14-8-15-19-13(14)7-16(20)21(19)22(15)23/h3-4,6,10,13-16,19-23H,5,7-9H2,1-2H3. The summed E-state index contributed by atoms with van der Waals surface area (Å²) in [5.41, 5.74) is 2.07. The lowest BCUT2D eigenvalue weighted by atomic mass is 9.57. The minimum absolute atomic E-state index is 0.0423. The van der Waals surface area contributed by atoms with E-state index in [4.69, 9.17) is 11.6 Å². The van der Waals surface area contributed by atoms with E-state index in [0.717, 1.165) is 46.8 Å². The molecular formula is C24H27ClN2O2. The largest absolute Gasteiger partial charge is 0.349 e. The van der Waals surface area contributed by atoms with Crippen molar-refractivity contribution in [2.24, 2.45) is 53.3 Å². The van der Waals surface area contributed by atoms with Gasteiger partial charge in [0.2, 0.25) is 11.8 Å². The maximum Gasteiger partial charge on any atom is 0.230 e. The van der Waals surface area contributed by atoms with Crippen LogP contribution >= 0.6 is 11.6 Å². The number of amides is 2. The zero-order valence-corrected chi connectivity index (χ0v) is 17.7. The zero-order valence-electron chi connectivity index (χ0n) is 16.9. The molecule has 1 heterocycles. The molecule has 2 bridgehead atoms. The van der Waals surface area contributed by atoms with E-state index in [2.05, 4.69) is 0 Å². The smallest absolute Gasteiger partial charge is 0.230 e. The van der Waals surface area contributed by atoms with E-state index in [1.165, 1.54) is 12.8 Å². The van der Waals surface area contributed by atoms with Gasteiger partial charge in [-0.2, -0.15) is 0 Å². The van der Waals surface area contributed by atoms with Gasteiger partial charge in [-0.25, -0.2) is 0 Å². The first-order valence-corrected chi connectivity index (χ1v) is 11.6. The minimum atomic E-state index is 0.0423. The minimum Gasteiger partial charge on any atom is -0.349 e. The molecule has 0 spiro atoms. The molecule has 1 aromatic carbocycles. The molecule has 0 saturated heterocycles. The molecule has 5 heteroatoms. The lowest BCUT2D eigenvalue weighted by Gasteiger charge is -2.48. The van der Waals surface area contributed by atoms with Gasteiger partial charge in [-0.1, -0.05) is 11.6 Å². The third-order valence-electron chi connectivity index (χ3n) is 9.92. The van der Waals surface area contributed by atoms with Gasteiger partial charge >= 0.3 is 0 Å². The van der Waals surface area contributed by atoms with Crippen LogP contribution in [0.25, 0.3) is 0 Å². The van der Waals surface area contributed by atoms with Gasteiger partial charge in [0.05, 0.1) is 0 Å². The average molecular weight is 411 g/mol. The molecule has 5 fully saturated rings. The summed E-state index contributed by atoms with van der Waals surface area (Å²) in [4.78, 5) is 30.1. The number of rotatable bonds is 3. The highest BCUT2D eigenvalue weighted by molar-refractivity contribution is 6.30. The van der Waals surface area contributed by atoms with Gasteiger partial charge in [0.25, 0.3) is 0 Å². The predicted molar refractivity (Wildman–Crippen MR) is 111 cm³/mol. The number of hydrogen-bond donors (Lipinski definition) is 0. The second-order valence-corrected chi connectivity index (χ2v) is 11.2.